The van der Waals surface area contributed by atoms with Gasteiger partial charge >= 0.3 is 0 Å². The van der Waals surface area contributed by atoms with Gasteiger partial charge < -0.3 is 4.79 Å². The molecule has 0 spiro atoms. The lowest BCUT2D eigenvalue weighted by atomic mass is 10.3. The summed E-state index contributed by atoms with van der Waals surface area (Å²) in [7, 11) is 0. The fourth-order valence-electron chi connectivity index (χ4n) is 0.609. The lowest BCUT2D eigenvalue weighted by Crippen LogP contribution is -1.92. The molecule has 11 heavy (non-hydrogen) atoms. The fourth-order valence-corrected chi connectivity index (χ4v) is 0.880. The van der Waals surface area contributed by atoms with Crippen molar-refractivity contribution in [2.45, 2.75) is 4.83 Å². The second-order valence-corrected chi connectivity index (χ2v) is 2.78. The van der Waals surface area contributed by atoms with Crippen molar-refractivity contribution < 1.29 is 4.79 Å². The van der Waals surface area contributed by atoms with Crippen LogP contribution in [0.4, 0.5) is 0 Å². The first kappa shape index (κ1) is 10.8. The van der Waals surface area contributed by atoms with Crippen molar-refractivity contribution in [2.75, 3.05) is 0 Å². The van der Waals surface area contributed by atoms with Crippen molar-refractivity contribution in [1.82, 2.24) is 4.98 Å². The molecule has 1 aromatic rings. The Hall–Kier alpha value is -0.220. The molecule has 2 nitrogen and oxygen atoms in total. The van der Waals surface area contributed by atoms with E-state index in [2.05, 4.69) is 20.9 Å². The maximum Gasteiger partial charge on any atom is 0.139 e. The molecule has 60 valence electrons. The maximum absolute atomic E-state index is 10.2. The summed E-state index contributed by atoms with van der Waals surface area (Å²) in [5.74, 6) is 0. The molecule has 1 aromatic heterocycles. The Labute approximate surface area is 83.9 Å². The number of nitrogens with zero attached hydrogens (tertiary/aromatic N) is 1. The summed E-state index contributed by atoms with van der Waals surface area (Å²) < 4.78 is 0. The van der Waals surface area contributed by atoms with Gasteiger partial charge in [0.15, 0.2) is 0 Å². The van der Waals surface area contributed by atoms with Gasteiger partial charge in [0.2, 0.25) is 0 Å². The monoisotopic (exact) mass is 279 g/mol. The SMILES string of the molecule is Br.O=CC(Br)c1ccccn1. The molecule has 0 aliphatic rings. The van der Waals surface area contributed by atoms with Crippen LogP contribution in [0, 0.1) is 0 Å². The first-order valence-corrected chi connectivity index (χ1v) is 3.76. The van der Waals surface area contributed by atoms with Gasteiger partial charge in [0.1, 0.15) is 11.1 Å². The Balaban J connectivity index is 0.000001000. The number of aldehydes is 1. The van der Waals surface area contributed by atoms with Crippen LogP contribution < -0.4 is 0 Å². The van der Waals surface area contributed by atoms with Gasteiger partial charge in [0.05, 0.1) is 5.69 Å². The quantitative estimate of drug-likeness (QED) is 0.615. The van der Waals surface area contributed by atoms with Crippen molar-refractivity contribution in [1.29, 1.82) is 0 Å². The zero-order valence-corrected chi connectivity index (χ0v) is 8.90. The van der Waals surface area contributed by atoms with Crippen molar-refractivity contribution in [2.24, 2.45) is 0 Å². The highest BCUT2D eigenvalue weighted by Gasteiger charge is 2.03. The molecule has 0 fully saturated rings. The van der Waals surface area contributed by atoms with E-state index in [1.807, 2.05) is 12.1 Å². The molecular weight excluding hydrogens is 274 g/mol. The van der Waals surface area contributed by atoms with Gasteiger partial charge in [-0.1, -0.05) is 22.0 Å². The van der Waals surface area contributed by atoms with Gasteiger partial charge in [-0.25, -0.2) is 0 Å². The van der Waals surface area contributed by atoms with E-state index in [1.54, 1.807) is 12.3 Å². The molecule has 4 heteroatoms. The summed E-state index contributed by atoms with van der Waals surface area (Å²) in [6.45, 7) is 0. The molecule has 0 aromatic carbocycles. The summed E-state index contributed by atoms with van der Waals surface area (Å²) in [5, 5.41) is 0. The van der Waals surface area contributed by atoms with Crippen LogP contribution in [0.15, 0.2) is 24.4 Å². The Morgan fingerprint density at radius 2 is 2.27 bits per heavy atom. The van der Waals surface area contributed by atoms with Crippen LogP contribution in [-0.2, 0) is 4.79 Å². The van der Waals surface area contributed by atoms with Crippen LogP contribution in [0.5, 0.6) is 0 Å². The third-order valence-corrected chi connectivity index (χ3v) is 1.77. The fraction of sp³-hybridized carbons (Fsp3) is 0.143. The largest absolute Gasteiger partial charge is 0.302 e. The van der Waals surface area contributed by atoms with E-state index in [9.17, 15) is 4.79 Å². The van der Waals surface area contributed by atoms with E-state index in [1.165, 1.54) is 0 Å². The van der Waals surface area contributed by atoms with Crippen molar-refractivity contribution in [3.63, 3.8) is 0 Å². The minimum Gasteiger partial charge on any atom is -0.302 e. The summed E-state index contributed by atoms with van der Waals surface area (Å²) >= 11 is 3.15. The van der Waals surface area contributed by atoms with Crippen LogP contribution in [0.2, 0.25) is 0 Å². The Bertz CT molecular complexity index is 215. The molecule has 0 saturated heterocycles. The number of carbonyl (C=O) groups is 1. The van der Waals surface area contributed by atoms with E-state index < -0.39 is 0 Å². The number of alkyl halides is 1. The van der Waals surface area contributed by atoms with Crippen LogP contribution in [0.3, 0.4) is 0 Å². The first-order valence-electron chi connectivity index (χ1n) is 2.85. The second kappa shape index (κ2) is 5.43. The molecule has 1 heterocycles. The minimum absolute atomic E-state index is 0. The summed E-state index contributed by atoms with van der Waals surface area (Å²) in [4.78, 5) is 13.9. The van der Waals surface area contributed by atoms with Gasteiger partial charge in [0.25, 0.3) is 0 Å². The zero-order chi connectivity index (χ0) is 7.40. The van der Waals surface area contributed by atoms with Crippen LogP contribution in [0.25, 0.3) is 0 Å². The van der Waals surface area contributed by atoms with Crippen LogP contribution in [0.1, 0.15) is 10.5 Å². The number of aromatic nitrogens is 1. The molecule has 0 amide bonds. The molecule has 1 unspecified atom stereocenters. The van der Waals surface area contributed by atoms with E-state index in [4.69, 9.17) is 0 Å². The topological polar surface area (TPSA) is 30.0 Å². The average molecular weight is 281 g/mol. The van der Waals surface area contributed by atoms with Crippen molar-refractivity contribution in [3.8, 4) is 0 Å². The predicted molar refractivity (Wildman–Crippen MR) is 52.3 cm³/mol. The Morgan fingerprint density at radius 3 is 2.73 bits per heavy atom. The third-order valence-electron chi connectivity index (χ3n) is 1.09. The van der Waals surface area contributed by atoms with Crippen LogP contribution >= 0.6 is 32.9 Å². The van der Waals surface area contributed by atoms with E-state index in [-0.39, 0.29) is 21.8 Å². The molecule has 0 bridgehead atoms. The first-order chi connectivity index (χ1) is 4.84. The van der Waals surface area contributed by atoms with Gasteiger partial charge in [-0.3, -0.25) is 4.98 Å². The number of halogens is 2. The highest BCUT2D eigenvalue weighted by molar-refractivity contribution is 9.09. The van der Waals surface area contributed by atoms with E-state index in [0.29, 0.717) is 0 Å². The normalized spacial score (nSPS) is 11.4. The molecule has 0 aliphatic heterocycles. The second-order valence-electron chi connectivity index (χ2n) is 1.79. The Morgan fingerprint density at radius 1 is 1.55 bits per heavy atom. The number of carbonyl (C=O) groups excluding carboxylic acids is 1. The van der Waals surface area contributed by atoms with Gasteiger partial charge in [-0.05, 0) is 12.1 Å². The lowest BCUT2D eigenvalue weighted by molar-refractivity contribution is -0.107. The highest BCUT2D eigenvalue weighted by atomic mass is 79.9. The Kier molecular flexibility index (Phi) is 5.32. The highest BCUT2D eigenvalue weighted by Crippen LogP contribution is 2.15. The summed E-state index contributed by atoms with van der Waals surface area (Å²) in [5.41, 5.74) is 0.748. The maximum atomic E-state index is 10.2. The van der Waals surface area contributed by atoms with E-state index >= 15 is 0 Å². The molecule has 1 atom stereocenters. The van der Waals surface area contributed by atoms with Crippen molar-refractivity contribution >= 4 is 39.2 Å². The molecular formula is C7H7Br2NO. The van der Waals surface area contributed by atoms with Crippen molar-refractivity contribution in [3.05, 3.63) is 30.1 Å². The van der Waals surface area contributed by atoms with Gasteiger partial charge in [0, 0.05) is 6.20 Å². The third kappa shape index (κ3) is 3.12. The molecule has 0 N–H and O–H groups in total. The van der Waals surface area contributed by atoms with E-state index in [0.717, 1.165) is 12.0 Å². The lowest BCUT2D eigenvalue weighted by Gasteiger charge is -1.97. The summed E-state index contributed by atoms with van der Waals surface area (Å²) in [6, 6.07) is 5.46. The predicted octanol–water partition coefficient (Wildman–Crippen LogP) is 2.29. The number of rotatable bonds is 2. The smallest absolute Gasteiger partial charge is 0.139 e. The van der Waals surface area contributed by atoms with Gasteiger partial charge in [-0.15, -0.1) is 17.0 Å². The van der Waals surface area contributed by atoms with Gasteiger partial charge in [-0.2, -0.15) is 0 Å². The average Bonchev–Trinajstić information content (AvgIpc) is 2.05. The number of hydrogen-bond acceptors (Lipinski definition) is 2. The minimum atomic E-state index is -0.270. The standard InChI is InChI=1S/C7H6BrNO.BrH/c8-6(5-10)7-3-1-2-4-9-7;/h1-6H;1H. The van der Waals surface area contributed by atoms with Crippen LogP contribution in [-0.4, -0.2) is 11.3 Å². The zero-order valence-electron chi connectivity index (χ0n) is 5.61. The molecule has 0 saturated carbocycles. The number of hydrogen-bond donors (Lipinski definition) is 0. The molecule has 1 rings (SSSR count). The molecule has 0 radical (unpaired) electrons. The number of pyridine rings is 1. The summed E-state index contributed by atoms with van der Waals surface area (Å²) in [6.07, 6.45) is 2.47. The molecule has 0 aliphatic carbocycles.